The van der Waals surface area contributed by atoms with E-state index in [1.165, 1.54) is 12.1 Å². The number of carbonyl (C=O) groups is 1. The van der Waals surface area contributed by atoms with Gasteiger partial charge in [-0.3, -0.25) is 9.69 Å². The van der Waals surface area contributed by atoms with E-state index in [4.69, 9.17) is 4.74 Å². The Kier molecular flexibility index (Phi) is 6.63. The van der Waals surface area contributed by atoms with Crippen LogP contribution in [0.3, 0.4) is 0 Å². The van der Waals surface area contributed by atoms with Gasteiger partial charge in [-0.25, -0.2) is 13.1 Å². The van der Waals surface area contributed by atoms with E-state index >= 15 is 0 Å². The van der Waals surface area contributed by atoms with Gasteiger partial charge in [-0.1, -0.05) is 18.2 Å². The van der Waals surface area contributed by atoms with E-state index in [1.807, 2.05) is 4.90 Å². The van der Waals surface area contributed by atoms with Crippen LogP contribution in [0.4, 0.5) is 0 Å². The zero-order valence-corrected chi connectivity index (χ0v) is 15.8. The summed E-state index contributed by atoms with van der Waals surface area (Å²) in [6.07, 6.45) is 2.78. The number of hydrogen-bond acceptors (Lipinski definition) is 5. The standard InChI is InChI=1S/C18H27N3O4S/c22-18(8-9-19-26(23,24)17-6-2-1-3-7-17)21-12-10-20(11-13-21)15-16-5-4-14-25-16/h1-3,6-7,16,19H,4-5,8-15H2. The number of sulfonamides is 1. The van der Waals surface area contributed by atoms with Crippen molar-refractivity contribution in [1.82, 2.24) is 14.5 Å². The van der Waals surface area contributed by atoms with Gasteiger partial charge in [0.1, 0.15) is 0 Å². The van der Waals surface area contributed by atoms with Gasteiger partial charge in [-0.15, -0.1) is 0 Å². The molecule has 0 radical (unpaired) electrons. The molecule has 7 nitrogen and oxygen atoms in total. The molecule has 1 N–H and O–H groups in total. The van der Waals surface area contributed by atoms with E-state index in [0.717, 1.165) is 39.1 Å². The zero-order chi connectivity index (χ0) is 18.4. The van der Waals surface area contributed by atoms with Crippen molar-refractivity contribution in [3.8, 4) is 0 Å². The molecule has 2 aliphatic heterocycles. The van der Waals surface area contributed by atoms with Crippen molar-refractivity contribution in [2.45, 2.75) is 30.3 Å². The summed E-state index contributed by atoms with van der Waals surface area (Å²) in [7, 11) is -3.55. The molecule has 0 saturated carbocycles. The van der Waals surface area contributed by atoms with E-state index < -0.39 is 10.0 Å². The molecule has 1 amide bonds. The number of carbonyl (C=O) groups excluding carboxylic acids is 1. The number of ether oxygens (including phenoxy) is 1. The van der Waals surface area contributed by atoms with Crippen LogP contribution in [-0.4, -0.2) is 76.1 Å². The molecule has 1 aromatic carbocycles. The third kappa shape index (κ3) is 5.26. The Hall–Kier alpha value is -1.48. The lowest BCUT2D eigenvalue weighted by Crippen LogP contribution is -2.50. The van der Waals surface area contributed by atoms with Crippen LogP contribution in [0.1, 0.15) is 19.3 Å². The van der Waals surface area contributed by atoms with Crippen LogP contribution in [0.2, 0.25) is 0 Å². The minimum absolute atomic E-state index is 0.00229. The number of nitrogens with one attached hydrogen (secondary N) is 1. The lowest BCUT2D eigenvalue weighted by Gasteiger charge is -2.35. The molecule has 0 bridgehead atoms. The fourth-order valence-electron chi connectivity index (χ4n) is 3.39. The molecule has 2 aliphatic rings. The van der Waals surface area contributed by atoms with Crippen LogP contribution in [0.5, 0.6) is 0 Å². The normalized spacial score (nSPS) is 21.8. The first kappa shape index (κ1) is 19.3. The molecule has 8 heteroatoms. The third-order valence-corrected chi connectivity index (χ3v) is 6.37. The molecule has 0 aliphatic carbocycles. The molecule has 2 heterocycles. The highest BCUT2D eigenvalue weighted by Crippen LogP contribution is 2.14. The van der Waals surface area contributed by atoms with Gasteiger partial charge in [0.2, 0.25) is 15.9 Å². The van der Waals surface area contributed by atoms with Gasteiger partial charge in [0, 0.05) is 52.3 Å². The minimum atomic E-state index is -3.55. The number of benzene rings is 1. The molecule has 3 rings (SSSR count). The van der Waals surface area contributed by atoms with Crippen LogP contribution in [0, 0.1) is 0 Å². The van der Waals surface area contributed by atoms with Gasteiger partial charge < -0.3 is 9.64 Å². The first-order valence-corrected chi connectivity index (χ1v) is 10.7. The smallest absolute Gasteiger partial charge is 0.240 e. The molecule has 1 atom stereocenters. The largest absolute Gasteiger partial charge is 0.377 e. The second-order valence-electron chi connectivity index (χ2n) is 6.78. The molecule has 26 heavy (non-hydrogen) atoms. The summed E-state index contributed by atoms with van der Waals surface area (Å²) >= 11 is 0. The molecular weight excluding hydrogens is 354 g/mol. The molecule has 0 aromatic heterocycles. The highest BCUT2D eigenvalue weighted by atomic mass is 32.2. The fourth-order valence-corrected chi connectivity index (χ4v) is 4.44. The molecule has 1 unspecified atom stereocenters. The second-order valence-corrected chi connectivity index (χ2v) is 8.54. The van der Waals surface area contributed by atoms with Gasteiger partial charge in [-0.05, 0) is 25.0 Å². The molecule has 0 spiro atoms. The lowest BCUT2D eigenvalue weighted by atomic mass is 10.2. The molecule has 2 fully saturated rings. The van der Waals surface area contributed by atoms with Crippen LogP contribution >= 0.6 is 0 Å². The van der Waals surface area contributed by atoms with Crippen LogP contribution in [0.15, 0.2) is 35.2 Å². The summed E-state index contributed by atoms with van der Waals surface area (Å²) in [5, 5.41) is 0. The van der Waals surface area contributed by atoms with Crippen LogP contribution in [0.25, 0.3) is 0 Å². The predicted octanol–water partition coefficient (Wildman–Crippen LogP) is 0.678. The van der Waals surface area contributed by atoms with Crippen LogP contribution in [-0.2, 0) is 19.6 Å². The maximum Gasteiger partial charge on any atom is 0.240 e. The number of nitrogens with zero attached hydrogens (tertiary/aromatic N) is 2. The van der Waals surface area contributed by atoms with Gasteiger partial charge in [0.25, 0.3) is 0 Å². The lowest BCUT2D eigenvalue weighted by molar-refractivity contribution is -0.132. The monoisotopic (exact) mass is 381 g/mol. The number of piperazine rings is 1. The average molecular weight is 381 g/mol. The summed E-state index contributed by atoms with van der Waals surface area (Å²) in [6.45, 7) is 5.00. The highest BCUT2D eigenvalue weighted by molar-refractivity contribution is 7.89. The second kappa shape index (κ2) is 8.94. The Labute approximate surface area is 155 Å². The highest BCUT2D eigenvalue weighted by Gasteiger charge is 2.25. The summed E-state index contributed by atoms with van der Waals surface area (Å²) in [5.74, 6) is -0.00229. The van der Waals surface area contributed by atoms with Crippen LogP contribution < -0.4 is 4.72 Å². The van der Waals surface area contributed by atoms with Gasteiger partial charge in [0.05, 0.1) is 11.0 Å². The Bertz CT molecular complexity index is 682. The number of amides is 1. The molecule has 2 saturated heterocycles. The Balaban J connectivity index is 1.38. The minimum Gasteiger partial charge on any atom is -0.377 e. The van der Waals surface area contributed by atoms with E-state index in [9.17, 15) is 13.2 Å². The van der Waals surface area contributed by atoms with E-state index in [0.29, 0.717) is 19.2 Å². The van der Waals surface area contributed by atoms with Crippen molar-refractivity contribution >= 4 is 15.9 Å². The molecular formula is C18H27N3O4S. The summed E-state index contributed by atoms with van der Waals surface area (Å²) < 4.78 is 32.5. The third-order valence-electron chi connectivity index (χ3n) is 4.90. The molecule has 1 aromatic rings. The van der Waals surface area contributed by atoms with Crippen molar-refractivity contribution < 1.29 is 17.9 Å². The van der Waals surface area contributed by atoms with Crippen molar-refractivity contribution in [3.05, 3.63) is 30.3 Å². The SMILES string of the molecule is O=C(CCNS(=O)(=O)c1ccccc1)N1CCN(CC2CCCO2)CC1. The number of hydrogen-bond donors (Lipinski definition) is 1. The van der Waals surface area contributed by atoms with E-state index in [1.54, 1.807) is 18.2 Å². The predicted molar refractivity (Wildman–Crippen MR) is 98.2 cm³/mol. The zero-order valence-electron chi connectivity index (χ0n) is 15.0. The Morgan fingerprint density at radius 1 is 1.15 bits per heavy atom. The van der Waals surface area contributed by atoms with Crippen molar-refractivity contribution in [2.24, 2.45) is 0 Å². The van der Waals surface area contributed by atoms with Crippen molar-refractivity contribution in [1.29, 1.82) is 0 Å². The van der Waals surface area contributed by atoms with Gasteiger partial charge >= 0.3 is 0 Å². The van der Waals surface area contributed by atoms with E-state index in [2.05, 4.69) is 9.62 Å². The van der Waals surface area contributed by atoms with E-state index in [-0.39, 0.29) is 23.8 Å². The van der Waals surface area contributed by atoms with Gasteiger partial charge in [0.15, 0.2) is 0 Å². The van der Waals surface area contributed by atoms with Crippen molar-refractivity contribution in [3.63, 3.8) is 0 Å². The topological polar surface area (TPSA) is 79.0 Å². The maximum absolute atomic E-state index is 12.3. The Morgan fingerprint density at radius 2 is 1.88 bits per heavy atom. The fraction of sp³-hybridized carbons (Fsp3) is 0.611. The number of rotatable bonds is 7. The first-order chi connectivity index (χ1) is 12.5. The van der Waals surface area contributed by atoms with Gasteiger partial charge in [-0.2, -0.15) is 0 Å². The molecule has 144 valence electrons. The van der Waals surface area contributed by atoms with Crippen molar-refractivity contribution in [2.75, 3.05) is 45.9 Å². The Morgan fingerprint density at radius 3 is 2.54 bits per heavy atom. The quantitative estimate of drug-likeness (QED) is 0.751. The summed E-state index contributed by atoms with van der Waals surface area (Å²) in [4.78, 5) is 16.7. The summed E-state index contributed by atoms with van der Waals surface area (Å²) in [6, 6.07) is 8.20. The first-order valence-electron chi connectivity index (χ1n) is 9.21. The maximum atomic E-state index is 12.3. The average Bonchev–Trinajstić information content (AvgIpc) is 3.16. The summed E-state index contributed by atoms with van der Waals surface area (Å²) in [5.41, 5.74) is 0.